The van der Waals surface area contributed by atoms with Gasteiger partial charge >= 0.3 is 0 Å². The van der Waals surface area contributed by atoms with Crippen LogP contribution in [0.5, 0.6) is 5.75 Å². The Morgan fingerprint density at radius 2 is 2.36 bits per heavy atom. The van der Waals surface area contributed by atoms with E-state index in [1.807, 2.05) is 19.1 Å². The topological polar surface area (TPSA) is 21.3 Å². The Morgan fingerprint density at radius 3 is 3.07 bits per heavy atom. The molecule has 1 heterocycles. The lowest BCUT2D eigenvalue weighted by Gasteiger charge is -2.06. The molecule has 0 saturated carbocycles. The number of benzene rings is 1. The van der Waals surface area contributed by atoms with E-state index in [2.05, 4.69) is 23.5 Å². The molecule has 14 heavy (non-hydrogen) atoms. The molecule has 2 rings (SSSR count). The van der Waals surface area contributed by atoms with Crippen molar-refractivity contribution in [1.29, 1.82) is 0 Å². The normalized spacial score (nSPS) is 15.4. The van der Waals surface area contributed by atoms with Crippen LogP contribution in [0.3, 0.4) is 0 Å². The average Bonchev–Trinajstić information content (AvgIpc) is 2.71. The molecule has 1 aliphatic rings. The maximum Gasteiger partial charge on any atom is 0.119 e. The van der Waals surface area contributed by atoms with Crippen LogP contribution >= 0.6 is 0 Å². The first kappa shape index (κ1) is 9.28. The molecule has 0 aliphatic carbocycles. The smallest absolute Gasteiger partial charge is 0.119 e. The van der Waals surface area contributed by atoms with Gasteiger partial charge in [-0.15, -0.1) is 0 Å². The average molecular weight is 189 g/mol. The van der Waals surface area contributed by atoms with Crippen molar-refractivity contribution in [2.45, 2.75) is 6.92 Å². The second-order valence-electron chi connectivity index (χ2n) is 3.32. The molecule has 2 heteroatoms. The molecule has 0 unspecified atom stereocenters. The van der Waals surface area contributed by atoms with Crippen LogP contribution in [0.25, 0.3) is 5.57 Å². The number of rotatable bonds is 3. The quantitative estimate of drug-likeness (QED) is 0.786. The molecule has 0 bridgehead atoms. The van der Waals surface area contributed by atoms with E-state index in [1.54, 1.807) is 0 Å². The minimum atomic E-state index is 0.723. The minimum Gasteiger partial charge on any atom is -0.494 e. The summed E-state index contributed by atoms with van der Waals surface area (Å²) >= 11 is 0. The van der Waals surface area contributed by atoms with Crippen molar-refractivity contribution in [2.24, 2.45) is 0 Å². The van der Waals surface area contributed by atoms with Crippen molar-refractivity contribution in [3.63, 3.8) is 0 Å². The molecule has 2 nitrogen and oxygen atoms in total. The third-order valence-electron chi connectivity index (χ3n) is 2.32. The fourth-order valence-corrected chi connectivity index (χ4v) is 1.65. The Labute approximate surface area is 84.6 Å². The highest BCUT2D eigenvalue weighted by Crippen LogP contribution is 2.21. The first-order valence-corrected chi connectivity index (χ1v) is 5.03. The van der Waals surface area contributed by atoms with Gasteiger partial charge in [-0.05, 0) is 30.2 Å². The Balaban J connectivity index is 2.21. The van der Waals surface area contributed by atoms with E-state index in [9.17, 15) is 0 Å². The summed E-state index contributed by atoms with van der Waals surface area (Å²) in [5.74, 6) is 0.956. The second-order valence-corrected chi connectivity index (χ2v) is 3.32. The Hall–Kier alpha value is -1.28. The van der Waals surface area contributed by atoms with Crippen LogP contribution in [0.4, 0.5) is 0 Å². The lowest BCUT2D eigenvalue weighted by Crippen LogP contribution is -2.07. The van der Waals surface area contributed by atoms with Gasteiger partial charge in [0.25, 0.3) is 0 Å². The van der Waals surface area contributed by atoms with E-state index in [0.29, 0.717) is 0 Å². The molecule has 74 valence electrons. The zero-order chi connectivity index (χ0) is 9.80. The number of hydrogen-bond acceptors (Lipinski definition) is 2. The summed E-state index contributed by atoms with van der Waals surface area (Å²) in [6, 6.07) is 8.26. The highest BCUT2D eigenvalue weighted by atomic mass is 16.5. The van der Waals surface area contributed by atoms with E-state index in [4.69, 9.17) is 4.74 Å². The van der Waals surface area contributed by atoms with Gasteiger partial charge in [-0.1, -0.05) is 18.2 Å². The zero-order valence-corrected chi connectivity index (χ0v) is 8.42. The minimum absolute atomic E-state index is 0.723. The highest BCUT2D eigenvalue weighted by molar-refractivity contribution is 5.69. The van der Waals surface area contributed by atoms with Gasteiger partial charge in [-0.25, -0.2) is 0 Å². The van der Waals surface area contributed by atoms with Crippen LogP contribution in [0.2, 0.25) is 0 Å². The lowest BCUT2D eigenvalue weighted by atomic mass is 10.1. The predicted octanol–water partition coefficient (Wildman–Crippen LogP) is 2.07. The van der Waals surface area contributed by atoms with Gasteiger partial charge < -0.3 is 10.1 Å². The maximum atomic E-state index is 5.46. The third kappa shape index (κ3) is 1.96. The van der Waals surface area contributed by atoms with Crippen LogP contribution in [0, 0.1) is 0 Å². The fraction of sp³-hybridized carbons (Fsp3) is 0.333. The molecule has 0 spiro atoms. The van der Waals surface area contributed by atoms with Crippen molar-refractivity contribution in [2.75, 3.05) is 19.7 Å². The molecule has 1 aromatic rings. The van der Waals surface area contributed by atoms with E-state index >= 15 is 0 Å². The van der Waals surface area contributed by atoms with E-state index in [-0.39, 0.29) is 0 Å². The molecule has 0 aromatic heterocycles. The Morgan fingerprint density at radius 1 is 1.43 bits per heavy atom. The number of hydrogen-bond donors (Lipinski definition) is 1. The third-order valence-corrected chi connectivity index (χ3v) is 2.32. The maximum absolute atomic E-state index is 5.46. The first-order chi connectivity index (χ1) is 6.90. The summed E-state index contributed by atoms with van der Waals surface area (Å²) in [5, 5.41) is 3.29. The van der Waals surface area contributed by atoms with Crippen molar-refractivity contribution in [3.05, 3.63) is 35.9 Å². The molecule has 1 aromatic carbocycles. The van der Waals surface area contributed by atoms with Crippen LogP contribution < -0.4 is 10.1 Å². The standard InChI is InChI=1S/C12H15NO/c1-2-14-12-5-3-4-10(8-12)11-6-7-13-9-11/h3-6,8,13H,2,7,9H2,1H3. The van der Waals surface area contributed by atoms with E-state index in [1.165, 1.54) is 11.1 Å². The monoisotopic (exact) mass is 189 g/mol. The van der Waals surface area contributed by atoms with Crippen molar-refractivity contribution in [1.82, 2.24) is 5.32 Å². The molecule has 0 atom stereocenters. The molecule has 0 radical (unpaired) electrons. The van der Waals surface area contributed by atoms with Gasteiger partial charge in [-0.2, -0.15) is 0 Å². The molecule has 0 amide bonds. The first-order valence-electron chi connectivity index (χ1n) is 5.03. The Kier molecular flexibility index (Phi) is 2.84. The Bertz CT molecular complexity index is 344. The van der Waals surface area contributed by atoms with Crippen molar-refractivity contribution < 1.29 is 4.74 Å². The summed E-state index contributed by atoms with van der Waals surface area (Å²) in [6.07, 6.45) is 2.23. The van der Waals surface area contributed by atoms with Gasteiger partial charge in [0.2, 0.25) is 0 Å². The highest BCUT2D eigenvalue weighted by Gasteiger charge is 2.06. The largest absolute Gasteiger partial charge is 0.494 e. The van der Waals surface area contributed by atoms with Gasteiger partial charge in [0, 0.05) is 13.1 Å². The number of ether oxygens (including phenoxy) is 1. The SMILES string of the molecule is CCOc1cccc(C2=CCNC2)c1. The van der Waals surface area contributed by atoms with Crippen molar-refractivity contribution >= 4 is 5.57 Å². The van der Waals surface area contributed by atoms with Crippen LogP contribution in [-0.4, -0.2) is 19.7 Å². The van der Waals surface area contributed by atoms with Crippen molar-refractivity contribution in [3.8, 4) is 5.75 Å². The van der Waals surface area contributed by atoms with Crippen LogP contribution in [0.1, 0.15) is 12.5 Å². The van der Waals surface area contributed by atoms with E-state index < -0.39 is 0 Å². The number of nitrogens with one attached hydrogen (secondary N) is 1. The van der Waals surface area contributed by atoms with Crippen LogP contribution in [-0.2, 0) is 0 Å². The second kappa shape index (κ2) is 4.29. The summed E-state index contributed by atoms with van der Waals surface area (Å²) in [5.41, 5.74) is 2.63. The summed E-state index contributed by atoms with van der Waals surface area (Å²) in [6.45, 7) is 4.67. The van der Waals surface area contributed by atoms with Gasteiger partial charge in [0.15, 0.2) is 0 Å². The van der Waals surface area contributed by atoms with Gasteiger partial charge in [0.1, 0.15) is 5.75 Å². The van der Waals surface area contributed by atoms with Gasteiger partial charge in [0.05, 0.1) is 6.61 Å². The summed E-state index contributed by atoms with van der Waals surface area (Å²) < 4.78 is 5.46. The molecular weight excluding hydrogens is 174 g/mol. The van der Waals surface area contributed by atoms with Crippen LogP contribution in [0.15, 0.2) is 30.3 Å². The fourth-order valence-electron chi connectivity index (χ4n) is 1.65. The lowest BCUT2D eigenvalue weighted by molar-refractivity contribution is 0.340. The van der Waals surface area contributed by atoms with E-state index in [0.717, 1.165) is 25.4 Å². The molecule has 0 saturated heterocycles. The summed E-state index contributed by atoms with van der Waals surface area (Å²) in [4.78, 5) is 0. The van der Waals surface area contributed by atoms with Gasteiger partial charge in [-0.3, -0.25) is 0 Å². The zero-order valence-electron chi connectivity index (χ0n) is 8.42. The molecular formula is C12H15NO. The molecule has 1 aliphatic heterocycles. The molecule has 0 fully saturated rings. The predicted molar refractivity (Wildman–Crippen MR) is 58.5 cm³/mol. The molecule has 1 N–H and O–H groups in total. The summed E-state index contributed by atoms with van der Waals surface area (Å²) in [7, 11) is 0.